The molecule has 1 aromatic heterocycles. The highest BCUT2D eigenvalue weighted by Crippen LogP contribution is 2.23. The molecule has 1 amide bonds. The number of hydrogen-bond acceptors (Lipinski definition) is 4. The first kappa shape index (κ1) is 17.2. The van der Waals surface area contributed by atoms with Gasteiger partial charge in [-0.15, -0.1) is 0 Å². The first-order valence-corrected chi connectivity index (χ1v) is 9.59. The number of carbonyl (C=O) groups excluding carboxylic acids is 1. The van der Waals surface area contributed by atoms with Crippen LogP contribution < -0.4 is 5.32 Å². The summed E-state index contributed by atoms with van der Waals surface area (Å²) in [5, 5.41) is 2.99. The first-order valence-electron chi connectivity index (χ1n) is 9.59. The predicted molar refractivity (Wildman–Crippen MR) is 99.1 cm³/mol. The van der Waals surface area contributed by atoms with Gasteiger partial charge in [0.2, 0.25) is 0 Å². The zero-order chi connectivity index (χ0) is 17.8. The average molecular weight is 351 g/mol. The molecular weight excluding hydrogens is 326 g/mol. The summed E-state index contributed by atoms with van der Waals surface area (Å²) in [5.41, 5.74) is 4.29. The van der Waals surface area contributed by atoms with Gasteiger partial charge in [-0.1, -0.05) is 6.07 Å². The van der Waals surface area contributed by atoms with Crippen LogP contribution in [-0.2, 0) is 24.1 Å². The molecule has 1 saturated heterocycles. The van der Waals surface area contributed by atoms with Gasteiger partial charge in [-0.05, 0) is 67.9 Å². The van der Waals surface area contributed by atoms with Gasteiger partial charge in [-0.3, -0.25) is 4.79 Å². The molecule has 0 radical (unpaired) electrons. The van der Waals surface area contributed by atoms with Gasteiger partial charge in [0.1, 0.15) is 5.82 Å². The standard InChI is InChI=1S/C21H25N3O2/c25-21(17-8-7-15-4-1-2-5-16(15)12-17)23-13-19-9-10-22-20(24-19)18-6-3-11-26-14-18/h7-10,12,18H,1-6,11,13-14H2,(H,23,25). The Morgan fingerprint density at radius 3 is 2.88 bits per heavy atom. The van der Waals surface area contributed by atoms with Crippen LogP contribution in [0.1, 0.15) is 64.6 Å². The topological polar surface area (TPSA) is 64.1 Å². The smallest absolute Gasteiger partial charge is 0.251 e. The van der Waals surface area contributed by atoms with Crippen molar-refractivity contribution in [3.63, 3.8) is 0 Å². The highest BCUT2D eigenvalue weighted by molar-refractivity contribution is 5.94. The molecule has 0 bridgehead atoms. The Balaban J connectivity index is 1.40. The highest BCUT2D eigenvalue weighted by atomic mass is 16.5. The molecule has 0 spiro atoms. The van der Waals surface area contributed by atoms with Crippen molar-refractivity contribution < 1.29 is 9.53 Å². The van der Waals surface area contributed by atoms with Crippen molar-refractivity contribution in [1.29, 1.82) is 0 Å². The zero-order valence-corrected chi connectivity index (χ0v) is 15.0. The predicted octanol–water partition coefficient (Wildman–Crippen LogP) is 3.18. The molecule has 1 fully saturated rings. The van der Waals surface area contributed by atoms with Gasteiger partial charge in [0.05, 0.1) is 18.8 Å². The van der Waals surface area contributed by atoms with Gasteiger partial charge in [0, 0.05) is 24.3 Å². The molecule has 4 rings (SSSR count). The van der Waals surface area contributed by atoms with E-state index in [1.54, 1.807) is 6.20 Å². The van der Waals surface area contributed by atoms with Crippen molar-refractivity contribution in [1.82, 2.24) is 15.3 Å². The number of fused-ring (bicyclic) bond motifs is 1. The summed E-state index contributed by atoms with van der Waals surface area (Å²) in [7, 11) is 0. The lowest BCUT2D eigenvalue weighted by molar-refractivity contribution is 0.0779. The van der Waals surface area contributed by atoms with E-state index in [2.05, 4.69) is 27.4 Å². The second-order valence-corrected chi connectivity index (χ2v) is 7.19. The van der Waals surface area contributed by atoms with Crippen LogP contribution in [0, 0.1) is 0 Å². The minimum Gasteiger partial charge on any atom is -0.381 e. The molecule has 1 aromatic carbocycles. The van der Waals surface area contributed by atoms with Crippen molar-refractivity contribution in [2.45, 2.75) is 51.0 Å². The summed E-state index contributed by atoms with van der Waals surface area (Å²) in [4.78, 5) is 21.5. The molecule has 2 aliphatic rings. The van der Waals surface area contributed by atoms with Crippen molar-refractivity contribution in [2.24, 2.45) is 0 Å². The van der Waals surface area contributed by atoms with E-state index in [9.17, 15) is 4.79 Å². The summed E-state index contributed by atoms with van der Waals surface area (Å²) in [6.07, 6.45) is 8.56. The molecule has 2 heterocycles. The summed E-state index contributed by atoms with van der Waals surface area (Å²) in [6, 6.07) is 7.95. The average Bonchev–Trinajstić information content (AvgIpc) is 2.72. The number of nitrogens with zero attached hydrogens (tertiary/aromatic N) is 2. The number of benzene rings is 1. The molecule has 1 N–H and O–H groups in total. The monoisotopic (exact) mass is 351 g/mol. The van der Waals surface area contributed by atoms with E-state index in [4.69, 9.17) is 4.74 Å². The SMILES string of the molecule is O=C(NCc1ccnc(C2CCCOC2)n1)c1ccc2c(c1)CCCC2. The van der Waals surface area contributed by atoms with Crippen LogP contribution in [-0.4, -0.2) is 29.1 Å². The van der Waals surface area contributed by atoms with Crippen LogP contribution >= 0.6 is 0 Å². The second-order valence-electron chi connectivity index (χ2n) is 7.19. The summed E-state index contributed by atoms with van der Waals surface area (Å²) in [6.45, 7) is 1.93. The number of nitrogens with one attached hydrogen (secondary N) is 1. The lowest BCUT2D eigenvalue weighted by Crippen LogP contribution is -2.24. The van der Waals surface area contributed by atoms with Crippen LogP contribution in [0.4, 0.5) is 0 Å². The van der Waals surface area contributed by atoms with E-state index in [0.29, 0.717) is 13.2 Å². The van der Waals surface area contributed by atoms with Crippen LogP contribution in [0.25, 0.3) is 0 Å². The maximum Gasteiger partial charge on any atom is 0.251 e. The third kappa shape index (κ3) is 3.93. The molecule has 26 heavy (non-hydrogen) atoms. The largest absolute Gasteiger partial charge is 0.381 e. The molecule has 1 aliphatic heterocycles. The Bertz CT molecular complexity index is 785. The Morgan fingerprint density at radius 2 is 2.04 bits per heavy atom. The van der Waals surface area contributed by atoms with Gasteiger partial charge >= 0.3 is 0 Å². The number of aromatic nitrogens is 2. The number of ether oxygens (including phenoxy) is 1. The fourth-order valence-electron chi connectivity index (χ4n) is 3.80. The lowest BCUT2D eigenvalue weighted by atomic mass is 9.90. The van der Waals surface area contributed by atoms with Crippen molar-refractivity contribution >= 4 is 5.91 Å². The number of rotatable bonds is 4. The minimum absolute atomic E-state index is 0.0421. The maximum atomic E-state index is 12.5. The summed E-state index contributed by atoms with van der Waals surface area (Å²) < 4.78 is 5.53. The Hall–Kier alpha value is -2.27. The third-order valence-corrected chi connectivity index (χ3v) is 5.30. The van der Waals surface area contributed by atoms with E-state index in [0.717, 1.165) is 49.4 Å². The van der Waals surface area contributed by atoms with Crippen molar-refractivity contribution in [3.8, 4) is 0 Å². The molecule has 1 aliphatic carbocycles. The van der Waals surface area contributed by atoms with Gasteiger partial charge in [0.15, 0.2) is 0 Å². The van der Waals surface area contributed by atoms with Crippen LogP contribution in [0.15, 0.2) is 30.5 Å². The molecule has 1 atom stereocenters. The molecular formula is C21H25N3O2. The maximum absolute atomic E-state index is 12.5. The Kier molecular flexibility index (Phi) is 5.25. The number of carbonyl (C=O) groups is 1. The normalized spacial score (nSPS) is 19.6. The van der Waals surface area contributed by atoms with Crippen LogP contribution in [0.3, 0.4) is 0 Å². The molecule has 1 unspecified atom stereocenters. The number of aryl methyl sites for hydroxylation is 2. The summed E-state index contributed by atoms with van der Waals surface area (Å²) >= 11 is 0. The zero-order valence-electron chi connectivity index (χ0n) is 15.0. The van der Waals surface area contributed by atoms with E-state index in [-0.39, 0.29) is 11.8 Å². The quantitative estimate of drug-likeness (QED) is 0.919. The third-order valence-electron chi connectivity index (χ3n) is 5.30. The molecule has 2 aromatic rings. The van der Waals surface area contributed by atoms with Crippen molar-refractivity contribution in [2.75, 3.05) is 13.2 Å². The van der Waals surface area contributed by atoms with Gasteiger partial charge in [-0.25, -0.2) is 9.97 Å². The molecule has 5 heteroatoms. The fourth-order valence-corrected chi connectivity index (χ4v) is 3.80. The van der Waals surface area contributed by atoms with Gasteiger partial charge in [0.25, 0.3) is 5.91 Å². The Morgan fingerprint density at radius 1 is 1.15 bits per heavy atom. The van der Waals surface area contributed by atoms with Crippen LogP contribution in [0.2, 0.25) is 0 Å². The van der Waals surface area contributed by atoms with E-state index in [1.807, 2.05) is 12.1 Å². The molecule has 5 nitrogen and oxygen atoms in total. The second kappa shape index (κ2) is 7.96. The van der Waals surface area contributed by atoms with E-state index >= 15 is 0 Å². The van der Waals surface area contributed by atoms with Crippen LogP contribution in [0.5, 0.6) is 0 Å². The van der Waals surface area contributed by atoms with E-state index in [1.165, 1.54) is 24.0 Å². The van der Waals surface area contributed by atoms with Crippen molar-refractivity contribution in [3.05, 3.63) is 58.7 Å². The van der Waals surface area contributed by atoms with Gasteiger partial charge in [-0.2, -0.15) is 0 Å². The molecule has 136 valence electrons. The first-order chi connectivity index (χ1) is 12.8. The fraction of sp³-hybridized carbons (Fsp3) is 0.476. The molecule has 0 saturated carbocycles. The lowest BCUT2D eigenvalue weighted by Gasteiger charge is -2.21. The minimum atomic E-state index is -0.0421. The Labute approximate surface area is 154 Å². The number of hydrogen-bond donors (Lipinski definition) is 1. The van der Waals surface area contributed by atoms with E-state index < -0.39 is 0 Å². The summed E-state index contributed by atoms with van der Waals surface area (Å²) in [5.74, 6) is 1.05. The number of amides is 1. The highest BCUT2D eigenvalue weighted by Gasteiger charge is 2.19. The van der Waals surface area contributed by atoms with Gasteiger partial charge < -0.3 is 10.1 Å².